The van der Waals surface area contributed by atoms with E-state index >= 15 is 0 Å². The fourth-order valence-corrected chi connectivity index (χ4v) is 4.00. The number of methoxy groups -OCH3 is 1. The summed E-state index contributed by atoms with van der Waals surface area (Å²) in [7, 11) is 1.60. The number of Topliss-reactive ketones (excluding diaryl/α,β-unsaturated/α-hetero) is 1. The quantitative estimate of drug-likeness (QED) is 0.593. The zero-order valence-electron chi connectivity index (χ0n) is 17.9. The topological polar surface area (TPSA) is 62.7 Å². The maximum Gasteiger partial charge on any atom is 0.223 e. The van der Waals surface area contributed by atoms with Crippen molar-refractivity contribution >= 4 is 11.7 Å². The van der Waals surface area contributed by atoms with Crippen LogP contribution in [0.5, 0.6) is 5.75 Å². The first-order valence-corrected chi connectivity index (χ1v) is 10.7. The van der Waals surface area contributed by atoms with Crippen LogP contribution < -0.4 is 4.74 Å². The van der Waals surface area contributed by atoms with E-state index in [2.05, 4.69) is 16.8 Å². The summed E-state index contributed by atoms with van der Waals surface area (Å²) in [4.78, 5) is 33.7. The maximum absolute atomic E-state index is 12.8. The van der Waals surface area contributed by atoms with Crippen molar-refractivity contribution in [2.75, 3.05) is 26.7 Å². The van der Waals surface area contributed by atoms with E-state index in [0.717, 1.165) is 39.0 Å². The molecule has 0 unspecified atom stereocenters. The van der Waals surface area contributed by atoms with Crippen LogP contribution in [0.25, 0.3) is 0 Å². The summed E-state index contributed by atoms with van der Waals surface area (Å²) in [6.45, 7) is 5.47. The Labute approximate surface area is 178 Å². The highest BCUT2D eigenvalue weighted by Gasteiger charge is 2.27. The van der Waals surface area contributed by atoms with Gasteiger partial charge in [0, 0.05) is 56.5 Å². The molecule has 6 nitrogen and oxygen atoms in total. The molecule has 1 aromatic heterocycles. The standard InChI is InChI=1S/C24H31N3O3/c1-3-26(17-19-12-14-25-15-13-19)21-5-4-16-27(18-21)24(29)11-10-23(28)20-6-8-22(30-2)9-7-20/h6-9,12-15,21H,3-5,10-11,16-18H2,1-2H3/t21-/m0/s1. The van der Waals surface area contributed by atoms with Gasteiger partial charge in [0.15, 0.2) is 5.78 Å². The number of ether oxygens (including phenoxy) is 1. The van der Waals surface area contributed by atoms with Crippen LogP contribution in [-0.4, -0.2) is 59.3 Å². The van der Waals surface area contributed by atoms with Crippen molar-refractivity contribution in [1.29, 1.82) is 0 Å². The Morgan fingerprint density at radius 1 is 1.13 bits per heavy atom. The fraction of sp³-hybridized carbons (Fsp3) is 0.458. The van der Waals surface area contributed by atoms with E-state index in [0.29, 0.717) is 17.4 Å². The number of amides is 1. The minimum absolute atomic E-state index is 0.00701. The average molecular weight is 410 g/mol. The van der Waals surface area contributed by atoms with Crippen LogP contribution in [0, 0.1) is 0 Å². The van der Waals surface area contributed by atoms with Crippen LogP contribution in [0.3, 0.4) is 0 Å². The smallest absolute Gasteiger partial charge is 0.223 e. The third-order valence-electron chi connectivity index (χ3n) is 5.78. The summed E-state index contributed by atoms with van der Waals surface area (Å²) in [5.74, 6) is 0.781. The molecule has 1 amide bonds. The molecule has 1 aliphatic rings. The molecule has 160 valence electrons. The van der Waals surface area contributed by atoms with Crippen molar-refractivity contribution in [3.05, 3.63) is 59.9 Å². The first-order valence-electron chi connectivity index (χ1n) is 10.7. The summed E-state index contributed by atoms with van der Waals surface area (Å²) in [6, 6.07) is 11.5. The normalized spacial score (nSPS) is 16.5. The van der Waals surface area contributed by atoms with E-state index in [1.54, 1.807) is 31.4 Å². The van der Waals surface area contributed by atoms with Crippen LogP contribution in [0.2, 0.25) is 0 Å². The summed E-state index contributed by atoms with van der Waals surface area (Å²) in [5.41, 5.74) is 1.86. The zero-order chi connectivity index (χ0) is 21.3. The molecular weight excluding hydrogens is 378 g/mol. The third-order valence-corrected chi connectivity index (χ3v) is 5.78. The van der Waals surface area contributed by atoms with E-state index in [1.165, 1.54) is 5.56 Å². The molecule has 1 fully saturated rings. The number of hydrogen-bond donors (Lipinski definition) is 0. The molecule has 0 spiro atoms. The number of likely N-dealkylation sites (tertiary alicyclic amines) is 1. The summed E-state index contributed by atoms with van der Waals surface area (Å²) < 4.78 is 5.12. The predicted octanol–water partition coefficient (Wildman–Crippen LogP) is 3.57. The van der Waals surface area contributed by atoms with Crippen LogP contribution in [0.1, 0.15) is 48.5 Å². The lowest BCUT2D eigenvalue weighted by molar-refractivity contribution is -0.133. The molecule has 3 rings (SSSR count). The van der Waals surface area contributed by atoms with Gasteiger partial charge in [0.2, 0.25) is 5.91 Å². The second-order valence-electron chi connectivity index (χ2n) is 7.71. The summed E-state index contributed by atoms with van der Waals surface area (Å²) in [5, 5.41) is 0. The van der Waals surface area contributed by atoms with Crippen molar-refractivity contribution in [3.63, 3.8) is 0 Å². The highest BCUT2D eigenvalue weighted by atomic mass is 16.5. The van der Waals surface area contributed by atoms with Crippen molar-refractivity contribution in [3.8, 4) is 5.75 Å². The van der Waals surface area contributed by atoms with Crippen molar-refractivity contribution < 1.29 is 14.3 Å². The second kappa shape index (κ2) is 10.9. The molecule has 1 aromatic carbocycles. The van der Waals surface area contributed by atoms with E-state index in [9.17, 15) is 9.59 Å². The van der Waals surface area contributed by atoms with E-state index in [-0.39, 0.29) is 24.5 Å². The number of aromatic nitrogens is 1. The fourth-order valence-electron chi connectivity index (χ4n) is 4.00. The Morgan fingerprint density at radius 2 is 1.87 bits per heavy atom. The highest BCUT2D eigenvalue weighted by molar-refractivity contribution is 5.98. The Kier molecular flexibility index (Phi) is 7.97. The lowest BCUT2D eigenvalue weighted by Gasteiger charge is -2.39. The molecule has 0 bridgehead atoms. The number of rotatable bonds is 9. The van der Waals surface area contributed by atoms with Gasteiger partial charge in [-0.3, -0.25) is 19.5 Å². The number of carbonyl (C=O) groups excluding carboxylic acids is 2. The number of hydrogen-bond acceptors (Lipinski definition) is 5. The van der Waals surface area contributed by atoms with Crippen molar-refractivity contribution in [2.45, 2.75) is 45.2 Å². The van der Waals surface area contributed by atoms with Crippen LogP contribution in [0.15, 0.2) is 48.8 Å². The van der Waals surface area contributed by atoms with E-state index in [1.807, 2.05) is 29.4 Å². The first kappa shape index (κ1) is 22.0. The summed E-state index contributed by atoms with van der Waals surface area (Å²) >= 11 is 0. The van der Waals surface area contributed by atoms with Crippen molar-refractivity contribution in [2.24, 2.45) is 0 Å². The summed E-state index contributed by atoms with van der Waals surface area (Å²) in [6.07, 6.45) is 6.22. The second-order valence-corrected chi connectivity index (χ2v) is 7.71. The SMILES string of the molecule is CCN(Cc1ccncc1)[C@H]1CCCN(C(=O)CCC(=O)c2ccc(OC)cc2)C1. The first-order chi connectivity index (χ1) is 14.6. The molecule has 0 saturated carbocycles. The number of likely N-dealkylation sites (N-methyl/N-ethyl adjacent to an activating group) is 1. The molecule has 2 aromatic rings. The monoisotopic (exact) mass is 409 g/mol. The number of piperidine rings is 1. The lowest BCUT2D eigenvalue weighted by Crippen LogP contribution is -2.49. The van der Waals surface area contributed by atoms with Crippen LogP contribution >= 0.6 is 0 Å². The average Bonchev–Trinajstić information content (AvgIpc) is 2.81. The maximum atomic E-state index is 12.8. The van der Waals surface area contributed by atoms with E-state index < -0.39 is 0 Å². The lowest BCUT2D eigenvalue weighted by atomic mass is 10.0. The van der Waals surface area contributed by atoms with Crippen LogP contribution in [0.4, 0.5) is 0 Å². The molecule has 6 heteroatoms. The number of carbonyl (C=O) groups is 2. The van der Waals surface area contributed by atoms with Gasteiger partial charge in [-0.2, -0.15) is 0 Å². The van der Waals surface area contributed by atoms with E-state index in [4.69, 9.17) is 4.74 Å². The Bertz CT molecular complexity index is 823. The van der Waals surface area contributed by atoms with Gasteiger partial charge in [0.05, 0.1) is 7.11 Å². The molecule has 0 N–H and O–H groups in total. The van der Waals surface area contributed by atoms with Gasteiger partial charge in [0.25, 0.3) is 0 Å². The molecule has 1 atom stereocenters. The van der Waals surface area contributed by atoms with Gasteiger partial charge < -0.3 is 9.64 Å². The van der Waals surface area contributed by atoms with Gasteiger partial charge in [-0.05, 0) is 61.3 Å². The number of ketones is 1. The van der Waals surface area contributed by atoms with Gasteiger partial charge >= 0.3 is 0 Å². The predicted molar refractivity (Wildman–Crippen MR) is 116 cm³/mol. The number of pyridine rings is 1. The minimum Gasteiger partial charge on any atom is -0.497 e. The molecule has 0 aliphatic carbocycles. The Morgan fingerprint density at radius 3 is 2.53 bits per heavy atom. The number of nitrogens with zero attached hydrogens (tertiary/aromatic N) is 3. The molecule has 2 heterocycles. The van der Waals surface area contributed by atoms with Gasteiger partial charge in [-0.1, -0.05) is 6.92 Å². The molecule has 1 saturated heterocycles. The molecular formula is C24H31N3O3. The minimum atomic E-state index is -0.00701. The van der Waals surface area contributed by atoms with Gasteiger partial charge in [-0.15, -0.1) is 0 Å². The molecule has 1 aliphatic heterocycles. The number of benzene rings is 1. The zero-order valence-corrected chi connectivity index (χ0v) is 17.9. The third kappa shape index (κ3) is 5.89. The van der Waals surface area contributed by atoms with Crippen LogP contribution in [-0.2, 0) is 11.3 Å². The highest BCUT2D eigenvalue weighted by Crippen LogP contribution is 2.20. The Hall–Kier alpha value is -2.73. The Balaban J connectivity index is 1.52. The van der Waals surface area contributed by atoms with Crippen molar-refractivity contribution in [1.82, 2.24) is 14.8 Å². The molecule has 30 heavy (non-hydrogen) atoms. The van der Waals surface area contributed by atoms with Gasteiger partial charge in [0.1, 0.15) is 5.75 Å². The largest absolute Gasteiger partial charge is 0.497 e. The molecule has 0 radical (unpaired) electrons. The van der Waals surface area contributed by atoms with Gasteiger partial charge in [-0.25, -0.2) is 0 Å².